The van der Waals surface area contributed by atoms with E-state index in [1.54, 1.807) is 31.4 Å². The van der Waals surface area contributed by atoms with Gasteiger partial charge in [-0.1, -0.05) is 30.3 Å². The van der Waals surface area contributed by atoms with E-state index in [4.69, 9.17) is 9.47 Å². The molecule has 0 amide bonds. The molecule has 0 spiro atoms. The van der Waals surface area contributed by atoms with E-state index >= 15 is 0 Å². The quantitative estimate of drug-likeness (QED) is 0.769. The molecule has 0 bridgehead atoms. The second kappa shape index (κ2) is 4.61. The molecule has 94 valence electrons. The van der Waals surface area contributed by atoms with Gasteiger partial charge in [-0.25, -0.2) is 0 Å². The van der Waals surface area contributed by atoms with Crippen molar-refractivity contribution in [3.63, 3.8) is 0 Å². The topological polar surface area (TPSA) is 35.5 Å². The molecule has 19 heavy (non-hydrogen) atoms. The molecular formula is C16H12O3. The van der Waals surface area contributed by atoms with E-state index in [9.17, 15) is 4.79 Å². The molecule has 3 nitrogen and oxygen atoms in total. The molecule has 3 rings (SSSR count). The second-order valence-electron chi connectivity index (χ2n) is 4.21. The molecule has 0 radical (unpaired) electrons. The highest BCUT2D eigenvalue weighted by molar-refractivity contribution is 6.14. The third kappa shape index (κ3) is 2.10. The van der Waals surface area contributed by atoms with Crippen molar-refractivity contribution in [2.45, 2.75) is 0 Å². The summed E-state index contributed by atoms with van der Waals surface area (Å²) in [7, 11) is 1.58. The molecule has 0 N–H and O–H groups in total. The van der Waals surface area contributed by atoms with Crippen LogP contribution in [0.4, 0.5) is 0 Å². The molecule has 3 heteroatoms. The first-order chi connectivity index (χ1) is 9.28. The number of rotatable bonds is 2. The Labute approximate surface area is 111 Å². The Morgan fingerprint density at radius 2 is 1.89 bits per heavy atom. The Morgan fingerprint density at radius 3 is 2.63 bits per heavy atom. The van der Waals surface area contributed by atoms with Crippen LogP contribution in [0.5, 0.6) is 11.5 Å². The van der Waals surface area contributed by atoms with Gasteiger partial charge in [0.15, 0.2) is 5.76 Å². The number of fused-ring (bicyclic) bond motifs is 1. The Bertz CT molecular complexity index is 657. The standard InChI is InChI=1S/C16H12O3/c1-18-12-7-8-13-14(10-12)19-15(16(13)17)9-11-5-3-2-4-6-11/h2-10H,1H3. The van der Waals surface area contributed by atoms with E-state index in [2.05, 4.69) is 0 Å². The monoisotopic (exact) mass is 252 g/mol. The minimum absolute atomic E-state index is 0.0958. The van der Waals surface area contributed by atoms with Crippen molar-refractivity contribution < 1.29 is 14.3 Å². The zero-order chi connectivity index (χ0) is 13.2. The molecular weight excluding hydrogens is 240 g/mol. The van der Waals surface area contributed by atoms with Crippen LogP contribution in [-0.2, 0) is 0 Å². The zero-order valence-corrected chi connectivity index (χ0v) is 10.4. The first-order valence-corrected chi connectivity index (χ1v) is 5.95. The van der Waals surface area contributed by atoms with Gasteiger partial charge in [0.1, 0.15) is 11.5 Å². The molecule has 0 saturated carbocycles. The highest BCUT2D eigenvalue weighted by Gasteiger charge is 2.27. The van der Waals surface area contributed by atoms with Crippen molar-refractivity contribution in [2.75, 3.05) is 7.11 Å². The molecule has 0 unspecified atom stereocenters. The van der Waals surface area contributed by atoms with Gasteiger partial charge in [-0.05, 0) is 23.8 Å². The normalized spacial score (nSPS) is 15.2. The fourth-order valence-corrected chi connectivity index (χ4v) is 1.99. The van der Waals surface area contributed by atoms with Gasteiger partial charge in [-0.3, -0.25) is 4.79 Å². The van der Waals surface area contributed by atoms with Gasteiger partial charge in [0.2, 0.25) is 5.78 Å². The molecule has 1 heterocycles. The number of hydrogen-bond donors (Lipinski definition) is 0. The predicted octanol–water partition coefficient (Wildman–Crippen LogP) is 3.31. The summed E-state index contributed by atoms with van der Waals surface area (Å²) in [6.07, 6.45) is 1.74. The number of ether oxygens (including phenoxy) is 2. The largest absolute Gasteiger partial charge is 0.497 e. The van der Waals surface area contributed by atoms with Crippen LogP contribution < -0.4 is 9.47 Å². The fourth-order valence-electron chi connectivity index (χ4n) is 1.99. The van der Waals surface area contributed by atoms with E-state index in [-0.39, 0.29) is 5.78 Å². The number of Topliss-reactive ketones (excluding diaryl/α,β-unsaturated/α-hetero) is 1. The molecule has 2 aromatic carbocycles. The van der Waals surface area contributed by atoms with E-state index in [0.717, 1.165) is 5.56 Å². The molecule has 0 aromatic heterocycles. The van der Waals surface area contributed by atoms with Crippen LogP contribution in [0.3, 0.4) is 0 Å². The second-order valence-corrected chi connectivity index (χ2v) is 4.21. The van der Waals surface area contributed by atoms with E-state index < -0.39 is 0 Å². The number of methoxy groups -OCH3 is 1. The van der Waals surface area contributed by atoms with Crippen molar-refractivity contribution in [1.82, 2.24) is 0 Å². The van der Waals surface area contributed by atoms with Gasteiger partial charge in [0.05, 0.1) is 12.7 Å². The van der Waals surface area contributed by atoms with E-state index in [1.807, 2.05) is 30.3 Å². The third-order valence-corrected chi connectivity index (χ3v) is 2.97. The van der Waals surface area contributed by atoms with E-state index in [1.165, 1.54) is 0 Å². The Hall–Kier alpha value is -2.55. The smallest absolute Gasteiger partial charge is 0.231 e. The Morgan fingerprint density at radius 1 is 1.11 bits per heavy atom. The maximum Gasteiger partial charge on any atom is 0.231 e. The number of carbonyl (C=O) groups is 1. The van der Waals surface area contributed by atoms with Crippen LogP contribution in [0.25, 0.3) is 6.08 Å². The van der Waals surface area contributed by atoms with Gasteiger partial charge in [-0.2, -0.15) is 0 Å². The lowest BCUT2D eigenvalue weighted by Crippen LogP contribution is -1.97. The van der Waals surface area contributed by atoms with Crippen molar-refractivity contribution in [3.05, 3.63) is 65.4 Å². The summed E-state index contributed by atoms with van der Waals surface area (Å²) in [5, 5.41) is 0. The highest BCUT2D eigenvalue weighted by Crippen LogP contribution is 2.34. The summed E-state index contributed by atoms with van der Waals surface area (Å²) in [5.74, 6) is 1.47. The summed E-state index contributed by atoms with van der Waals surface area (Å²) in [6.45, 7) is 0. The molecule has 0 atom stereocenters. The number of benzene rings is 2. The summed E-state index contributed by atoms with van der Waals surface area (Å²) in [6, 6.07) is 14.8. The maximum absolute atomic E-state index is 12.2. The minimum Gasteiger partial charge on any atom is -0.497 e. The lowest BCUT2D eigenvalue weighted by atomic mass is 10.1. The van der Waals surface area contributed by atoms with Gasteiger partial charge in [0, 0.05) is 6.07 Å². The lowest BCUT2D eigenvalue weighted by Gasteiger charge is -2.01. The molecule has 0 aliphatic carbocycles. The first kappa shape index (κ1) is 11.5. The number of ketones is 1. The van der Waals surface area contributed by atoms with Gasteiger partial charge >= 0.3 is 0 Å². The van der Waals surface area contributed by atoms with Crippen LogP contribution in [0.15, 0.2) is 54.3 Å². The van der Waals surface area contributed by atoms with Crippen molar-refractivity contribution in [3.8, 4) is 11.5 Å². The molecule has 0 fully saturated rings. The maximum atomic E-state index is 12.2. The number of allylic oxidation sites excluding steroid dienone is 1. The van der Waals surface area contributed by atoms with Gasteiger partial charge in [-0.15, -0.1) is 0 Å². The van der Waals surface area contributed by atoms with Crippen LogP contribution in [0.2, 0.25) is 0 Å². The minimum atomic E-state index is -0.0958. The van der Waals surface area contributed by atoms with Gasteiger partial charge < -0.3 is 9.47 Å². The zero-order valence-electron chi connectivity index (χ0n) is 10.4. The van der Waals surface area contributed by atoms with Crippen molar-refractivity contribution in [1.29, 1.82) is 0 Å². The molecule has 2 aromatic rings. The summed E-state index contributed by atoms with van der Waals surface area (Å²) < 4.78 is 10.7. The van der Waals surface area contributed by atoms with Crippen LogP contribution >= 0.6 is 0 Å². The Kier molecular flexibility index (Phi) is 2.80. The van der Waals surface area contributed by atoms with Crippen LogP contribution in [-0.4, -0.2) is 12.9 Å². The summed E-state index contributed by atoms with van der Waals surface area (Å²) in [4.78, 5) is 12.2. The van der Waals surface area contributed by atoms with Crippen molar-refractivity contribution in [2.24, 2.45) is 0 Å². The Balaban J connectivity index is 1.97. The van der Waals surface area contributed by atoms with Gasteiger partial charge in [0.25, 0.3) is 0 Å². The molecule has 1 aliphatic heterocycles. The predicted molar refractivity (Wildman–Crippen MR) is 72.4 cm³/mol. The average molecular weight is 252 g/mol. The third-order valence-electron chi connectivity index (χ3n) is 2.97. The number of carbonyl (C=O) groups excluding carboxylic acids is 1. The summed E-state index contributed by atoms with van der Waals surface area (Å²) >= 11 is 0. The van der Waals surface area contributed by atoms with Crippen LogP contribution in [0.1, 0.15) is 15.9 Å². The SMILES string of the molecule is COc1ccc2c(c1)OC(=Cc1ccccc1)C2=O. The average Bonchev–Trinajstić information content (AvgIpc) is 2.76. The summed E-state index contributed by atoms with van der Waals surface area (Å²) in [5.41, 5.74) is 1.51. The molecule has 0 saturated heterocycles. The lowest BCUT2D eigenvalue weighted by molar-refractivity contribution is 0.101. The number of hydrogen-bond acceptors (Lipinski definition) is 3. The first-order valence-electron chi connectivity index (χ1n) is 5.95. The van der Waals surface area contributed by atoms with E-state index in [0.29, 0.717) is 22.8 Å². The fraction of sp³-hybridized carbons (Fsp3) is 0.0625. The van der Waals surface area contributed by atoms with Crippen molar-refractivity contribution >= 4 is 11.9 Å². The molecule has 1 aliphatic rings. The van der Waals surface area contributed by atoms with Crippen LogP contribution in [0, 0.1) is 0 Å². The highest BCUT2D eigenvalue weighted by atomic mass is 16.5.